The van der Waals surface area contributed by atoms with Crippen LogP contribution in [0.1, 0.15) is 24.0 Å². The number of sulfonamides is 1. The van der Waals surface area contributed by atoms with E-state index in [4.69, 9.17) is 4.74 Å². The van der Waals surface area contributed by atoms with E-state index in [9.17, 15) is 13.2 Å². The summed E-state index contributed by atoms with van der Waals surface area (Å²) in [6, 6.07) is 32.3. The fourth-order valence-electron chi connectivity index (χ4n) is 4.76. The SMILES string of the molecule is O=C(CN(c1ccc(Oc2ccccc2)cc1)S(=O)(=O)c1ccccc1)NCc1cccc(CN2CCCC2)c1. The first-order valence-electron chi connectivity index (χ1n) is 13.4. The Labute approximate surface area is 236 Å². The Morgan fingerprint density at radius 2 is 1.40 bits per heavy atom. The molecule has 1 aliphatic rings. The standard InChI is InChI=1S/C32H33N3O4S/c36-32(33-23-26-10-9-11-27(22-26)24-34-20-7-8-21-34)25-35(40(37,38)31-14-5-2-6-15-31)28-16-18-30(19-17-28)39-29-12-3-1-4-13-29/h1-6,9-19,22H,7-8,20-21,23-25H2,(H,33,36). The van der Waals surface area contributed by atoms with Gasteiger partial charge in [-0.1, -0.05) is 60.7 Å². The molecule has 1 amide bonds. The number of carbonyl (C=O) groups is 1. The van der Waals surface area contributed by atoms with E-state index in [2.05, 4.69) is 22.3 Å². The van der Waals surface area contributed by atoms with Crippen molar-refractivity contribution in [3.8, 4) is 11.5 Å². The van der Waals surface area contributed by atoms with Crippen LogP contribution in [0, 0.1) is 0 Å². The molecule has 1 fully saturated rings. The highest BCUT2D eigenvalue weighted by Gasteiger charge is 2.27. The van der Waals surface area contributed by atoms with Crippen molar-refractivity contribution in [2.24, 2.45) is 0 Å². The van der Waals surface area contributed by atoms with Crippen LogP contribution < -0.4 is 14.4 Å². The van der Waals surface area contributed by atoms with Gasteiger partial charge in [-0.3, -0.25) is 14.0 Å². The fraction of sp³-hybridized carbons (Fsp3) is 0.219. The molecule has 0 saturated carbocycles. The van der Waals surface area contributed by atoms with Crippen LogP contribution in [0.2, 0.25) is 0 Å². The molecule has 8 heteroatoms. The Morgan fingerprint density at radius 1 is 0.775 bits per heavy atom. The summed E-state index contributed by atoms with van der Waals surface area (Å²) in [4.78, 5) is 15.6. The minimum atomic E-state index is -4.00. The molecule has 0 radical (unpaired) electrons. The lowest BCUT2D eigenvalue weighted by Crippen LogP contribution is -2.40. The highest BCUT2D eigenvalue weighted by atomic mass is 32.2. The maximum absolute atomic E-state index is 13.6. The summed E-state index contributed by atoms with van der Waals surface area (Å²) in [6.07, 6.45) is 2.47. The molecule has 0 atom stereocenters. The highest BCUT2D eigenvalue weighted by molar-refractivity contribution is 7.92. The van der Waals surface area contributed by atoms with Crippen molar-refractivity contribution in [1.82, 2.24) is 10.2 Å². The lowest BCUT2D eigenvalue weighted by atomic mass is 10.1. The molecule has 1 N–H and O–H groups in total. The third-order valence-electron chi connectivity index (χ3n) is 6.81. The van der Waals surface area contributed by atoms with Crippen molar-refractivity contribution < 1.29 is 17.9 Å². The molecule has 0 aliphatic carbocycles. The molecule has 1 heterocycles. The summed E-state index contributed by atoms with van der Waals surface area (Å²) >= 11 is 0. The second-order valence-electron chi connectivity index (χ2n) is 9.81. The van der Waals surface area contributed by atoms with Crippen LogP contribution in [0.5, 0.6) is 11.5 Å². The van der Waals surface area contributed by atoms with Crippen LogP contribution in [-0.2, 0) is 27.9 Å². The Bertz CT molecular complexity index is 1510. The van der Waals surface area contributed by atoms with E-state index in [-0.39, 0.29) is 11.4 Å². The van der Waals surface area contributed by atoms with Gasteiger partial charge in [-0.25, -0.2) is 8.42 Å². The van der Waals surface area contributed by atoms with Crippen molar-refractivity contribution in [2.45, 2.75) is 30.8 Å². The first kappa shape index (κ1) is 27.4. The van der Waals surface area contributed by atoms with E-state index in [0.29, 0.717) is 23.7 Å². The predicted molar refractivity (Wildman–Crippen MR) is 157 cm³/mol. The number of nitrogens with one attached hydrogen (secondary N) is 1. The number of rotatable bonds is 11. The highest BCUT2D eigenvalue weighted by Crippen LogP contribution is 2.28. The topological polar surface area (TPSA) is 78.9 Å². The van der Waals surface area contributed by atoms with Crippen molar-refractivity contribution in [3.05, 3.63) is 120 Å². The number of hydrogen-bond acceptors (Lipinski definition) is 5. The largest absolute Gasteiger partial charge is 0.457 e. The first-order chi connectivity index (χ1) is 19.5. The molecule has 0 spiro atoms. The summed E-state index contributed by atoms with van der Waals surface area (Å²) in [5.74, 6) is 0.840. The fourth-order valence-corrected chi connectivity index (χ4v) is 6.21. The summed E-state index contributed by atoms with van der Waals surface area (Å²) < 4.78 is 34.3. The quantitative estimate of drug-likeness (QED) is 0.261. The van der Waals surface area contributed by atoms with Gasteiger partial charge in [0, 0.05) is 13.1 Å². The number of anilines is 1. The normalized spacial score (nSPS) is 13.6. The predicted octanol–water partition coefficient (Wildman–Crippen LogP) is 5.59. The zero-order chi connectivity index (χ0) is 27.8. The van der Waals surface area contributed by atoms with Gasteiger partial charge >= 0.3 is 0 Å². The van der Waals surface area contributed by atoms with Crippen LogP contribution in [0.25, 0.3) is 0 Å². The summed E-state index contributed by atoms with van der Waals surface area (Å²) in [5.41, 5.74) is 2.55. The van der Waals surface area contributed by atoms with Gasteiger partial charge in [0.15, 0.2) is 0 Å². The van der Waals surface area contributed by atoms with Crippen LogP contribution >= 0.6 is 0 Å². The van der Waals surface area contributed by atoms with Crippen molar-refractivity contribution in [2.75, 3.05) is 23.9 Å². The maximum atomic E-state index is 13.6. The van der Waals surface area contributed by atoms with Gasteiger partial charge in [0.1, 0.15) is 18.0 Å². The van der Waals surface area contributed by atoms with Gasteiger partial charge < -0.3 is 10.1 Å². The van der Waals surface area contributed by atoms with E-state index in [1.54, 1.807) is 42.5 Å². The third-order valence-corrected chi connectivity index (χ3v) is 8.60. The number of benzene rings is 4. The van der Waals surface area contributed by atoms with Crippen molar-refractivity contribution >= 4 is 21.6 Å². The van der Waals surface area contributed by atoms with E-state index < -0.39 is 15.9 Å². The summed E-state index contributed by atoms with van der Waals surface area (Å²) in [5, 5.41) is 2.90. The van der Waals surface area contributed by atoms with E-state index in [1.165, 1.54) is 30.5 Å². The zero-order valence-corrected chi connectivity index (χ0v) is 23.1. The molecule has 0 unspecified atom stereocenters. The summed E-state index contributed by atoms with van der Waals surface area (Å²) in [7, 11) is -4.00. The van der Waals surface area contributed by atoms with Gasteiger partial charge in [0.25, 0.3) is 10.0 Å². The number of likely N-dealkylation sites (tertiary alicyclic amines) is 1. The van der Waals surface area contributed by atoms with Gasteiger partial charge in [0.05, 0.1) is 10.6 Å². The Kier molecular flexibility index (Phi) is 8.78. The number of nitrogens with zero attached hydrogens (tertiary/aromatic N) is 2. The molecular formula is C32H33N3O4S. The van der Waals surface area contributed by atoms with Crippen LogP contribution in [0.3, 0.4) is 0 Å². The number of ether oxygens (including phenoxy) is 1. The second kappa shape index (κ2) is 12.8. The number of para-hydroxylation sites is 1. The number of carbonyl (C=O) groups excluding carboxylic acids is 1. The molecule has 1 saturated heterocycles. The first-order valence-corrected chi connectivity index (χ1v) is 14.9. The summed E-state index contributed by atoms with van der Waals surface area (Å²) in [6.45, 7) is 3.09. The lowest BCUT2D eigenvalue weighted by Gasteiger charge is -2.24. The minimum Gasteiger partial charge on any atom is -0.457 e. The molecule has 0 aromatic heterocycles. The van der Waals surface area contributed by atoms with Crippen molar-refractivity contribution in [1.29, 1.82) is 0 Å². The van der Waals surface area contributed by atoms with Gasteiger partial charge in [-0.15, -0.1) is 0 Å². The van der Waals surface area contributed by atoms with Crippen molar-refractivity contribution in [3.63, 3.8) is 0 Å². The molecule has 4 aromatic carbocycles. The molecule has 5 rings (SSSR count). The molecule has 206 valence electrons. The second-order valence-corrected chi connectivity index (χ2v) is 11.7. The Hall–Kier alpha value is -4.14. The smallest absolute Gasteiger partial charge is 0.264 e. The zero-order valence-electron chi connectivity index (χ0n) is 22.3. The number of amides is 1. The molecule has 7 nitrogen and oxygen atoms in total. The minimum absolute atomic E-state index is 0.113. The van der Waals surface area contributed by atoms with Crippen LogP contribution in [-0.4, -0.2) is 38.9 Å². The maximum Gasteiger partial charge on any atom is 0.264 e. The molecular weight excluding hydrogens is 522 g/mol. The van der Waals surface area contributed by atoms with Gasteiger partial charge in [-0.2, -0.15) is 0 Å². The van der Waals surface area contributed by atoms with Gasteiger partial charge in [-0.05, 0) is 85.6 Å². The number of hydrogen-bond donors (Lipinski definition) is 1. The van der Waals surface area contributed by atoms with E-state index in [0.717, 1.165) is 29.5 Å². The van der Waals surface area contributed by atoms with E-state index in [1.807, 2.05) is 42.5 Å². The van der Waals surface area contributed by atoms with Crippen LogP contribution in [0.15, 0.2) is 114 Å². The molecule has 40 heavy (non-hydrogen) atoms. The van der Waals surface area contributed by atoms with Gasteiger partial charge in [0.2, 0.25) is 5.91 Å². The monoisotopic (exact) mass is 555 g/mol. The Balaban J connectivity index is 1.30. The lowest BCUT2D eigenvalue weighted by molar-refractivity contribution is -0.119. The molecule has 1 aliphatic heterocycles. The molecule has 4 aromatic rings. The molecule has 0 bridgehead atoms. The Morgan fingerprint density at radius 3 is 2.10 bits per heavy atom. The van der Waals surface area contributed by atoms with E-state index >= 15 is 0 Å². The average molecular weight is 556 g/mol. The average Bonchev–Trinajstić information content (AvgIpc) is 3.49. The van der Waals surface area contributed by atoms with Crippen LogP contribution in [0.4, 0.5) is 5.69 Å². The third kappa shape index (κ3) is 7.08.